The largest absolute Gasteiger partial charge is 0.483 e. The van der Waals surface area contributed by atoms with E-state index in [0.29, 0.717) is 22.9 Å². The molecule has 2 aromatic carbocycles. The van der Waals surface area contributed by atoms with E-state index in [1.165, 1.54) is 0 Å². The number of benzene rings is 2. The average Bonchev–Trinajstić information content (AvgIpc) is 2.67. The van der Waals surface area contributed by atoms with Gasteiger partial charge in [-0.25, -0.2) is 0 Å². The number of carbonyl (C=O) groups excluding carboxylic acids is 2. The van der Waals surface area contributed by atoms with Crippen LogP contribution in [0.1, 0.15) is 30.1 Å². The van der Waals surface area contributed by atoms with Crippen LogP contribution in [-0.4, -0.2) is 36.4 Å². The number of hydrogen-bond acceptors (Lipinski definition) is 3. The molecule has 2 amide bonds. The zero-order valence-electron chi connectivity index (χ0n) is 15.6. The molecule has 1 heterocycles. The van der Waals surface area contributed by atoms with Crippen LogP contribution in [0.3, 0.4) is 0 Å². The number of hydrogen-bond donors (Lipinski definition) is 1. The van der Waals surface area contributed by atoms with Gasteiger partial charge in [0, 0.05) is 28.8 Å². The van der Waals surface area contributed by atoms with Crippen LogP contribution >= 0.6 is 31.9 Å². The smallest absolute Gasteiger partial charge is 0.262 e. The van der Waals surface area contributed by atoms with Crippen molar-refractivity contribution in [2.75, 3.05) is 25.0 Å². The summed E-state index contributed by atoms with van der Waals surface area (Å²) in [6.07, 6.45) is 2.07. The van der Waals surface area contributed by atoms with Gasteiger partial charge in [0.25, 0.3) is 11.8 Å². The Labute approximate surface area is 181 Å². The Morgan fingerprint density at radius 1 is 1.14 bits per heavy atom. The predicted molar refractivity (Wildman–Crippen MR) is 117 cm³/mol. The number of nitrogens with one attached hydrogen (secondary N) is 1. The van der Waals surface area contributed by atoms with Crippen molar-refractivity contribution in [3.63, 3.8) is 0 Å². The summed E-state index contributed by atoms with van der Waals surface area (Å²) < 4.78 is 7.23. The van der Waals surface area contributed by atoms with Crippen molar-refractivity contribution < 1.29 is 14.3 Å². The van der Waals surface area contributed by atoms with E-state index in [-0.39, 0.29) is 18.4 Å². The molecule has 0 bridgehead atoms. The molecule has 1 aliphatic rings. The molecule has 0 atom stereocenters. The van der Waals surface area contributed by atoms with Crippen molar-refractivity contribution in [2.24, 2.45) is 5.92 Å². The Balaban J connectivity index is 1.57. The van der Waals surface area contributed by atoms with Gasteiger partial charge in [0.2, 0.25) is 0 Å². The third-order valence-corrected chi connectivity index (χ3v) is 5.83. The number of nitrogens with zero attached hydrogens (tertiary/aromatic N) is 1. The highest BCUT2D eigenvalue weighted by Gasteiger charge is 2.21. The molecule has 1 saturated heterocycles. The van der Waals surface area contributed by atoms with Crippen LogP contribution in [-0.2, 0) is 4.79 Å². The summed E-state index contributed by atoms with van der Waals surface area (Å²) in [6.45, 7) is 3.66. The lowest BCUT2D eigenvalue weighted by atomic mass is 9.98. The van der Waals surface area contributed by atoms with E-state index in [9.17, 15) is 9.59 Å². The summed E-state index contributed by atoms with van der Waals surface area (Å²) in [5.41, 5.74) is 1.17. The van der Waals surface area contributed by atoms with E-state index >= 15 is 0 Å². The topological polar surface area (TPSA) is 58.6 Å². The molecular weight excluding hydrogens is 488 g/mol. The predicted octanol–water partition coefficient (Wildman–Crippen LogP) is 5.10. The Bertz CT molecular complexity index is 864. The zero-order valence-corrected chi connectivity index (χ0v) is 18.8. The fourth-order valence-electron chi connectivity index (χ4n) is 3.06. The molecule has 1 N–H and O–H groups in total. The van der Waals surface area contributed by atoms with Crippen molar-refractivity contribution >= 4 is 49.4 Å². The first-order valence-corrected chi connectivity index (χ1v) is 10.8. The van der Waals surface area contributed by atoms with Crippen LogP contribution in [0, 0.1) is 5.92 Å². The minimum atomic E-state index is -0.286. The van der Waals surface area contributed by atoms with Crippen LogP contribution in [0.15, 0.2) is 51.4 Å². The highest BCUT2D eigenvalue weighted by molar-refractivity contribution is 9.11. The summed E-state index contributed by atoms with van der Waals surface area (Å²) in [5.74, 6) is 0.978. The third-order valence-electron chi connectivity index (χ3n) is 4.72. The first-order chi connectivity index (χ1) is 13.4. The number of ether oxygens (including phenoxy) is 1. The van der Waals surface area contributed by atoms with Crippen LogP contribution in [0.4, 0.5) is 5.69 Å². The molecule has 148 valence electrons. The zero-order chi connectivity index (χ0) is 20.1. The molecule has 7 heteroatoms. The second-order valence-corrected chi connectivity index (χ2v) is 8.74. The van der Waals surface area contributed by atoms with Gasteiger partial charge in [-0.2, -0.15) is 0 Å². The van der Waals surface area contributed by atoms with Gasteiger partial charge in [-0.15, -0.1) is 0 Å². The molecule has 5 nitrogen and oxygen atoms in total. The normalized spacial score (nSPS) is 14.6. The molecule has 0 unspecified atom stereocenters. The second-order valence-electron chi connectivity index (χ2n) is 6.97. The Kier molecular flexibility index (Phi) is 7.13. The number of rotatable bonds is 5. The number of carbonyl (C=O) groups is 2. The lowest BCUT2D eigenvalue weighted by Crippen LogP contribution is -2.37. The summed E-state index contributed by atoms with van der Waals surface area (Å²) >= 11 is 6.78. The van der Waals surface area contributed by atoms with Gasteiger partial charge >= 0.3 is 0 Å². The van der Waals surface area contributed by atoms with Gasteiger partial charge in [-0.1, -0.05) is 28.9 Å². The summed E-state index contributed by atoms with van der Waals surface area (Å²) in [5, 5.41) is 2.79. The molecule has 0 spiro atoms. The average molecular weight is 510 g/mol. The molecule has 0 aromatic heterocycles. The van der Waals surface area contributed by atoms with Gasteiger partial charge in [0.05, 0.1) is 4.47 Å². The number of piperidine rings is 1. The van der Waals surface area contributed by atoms with Gasteiger partial charge in [0.1, 0.15) is 5.75 Å². The van der Waals surface area contributed by atoms with Gasteiger partial charge in [-0.05, 0) is 71.1 Å². The maximum Gasteiger partial charge on any atom is 0.262 e. The van der Waals surface area contributed by atoms with Gasteiger partial charge in [-0.3, -0.25) is 9.59 Å². The fourth-order valence-corrected chi connectivity index (χ4v) is 4.22. The molecule has 2 aromatic rings. The Morgan fingerprint density at radius 2 is 1.89 bits per heavy atom. The van der Waals surface area contributed by atoms with Crippen molar-refractivity contribution in [1.29, 1.82) is 0 Å². The van der Waals surface area contributed by atoms with Crippen LogP contribution in [0.5, 0.6) is 5.75 Å². The third kappa shape index (κ3) is 5.58. The van der Waals surface area contributed by atoms with Crippen molar-refractivity contribution in [3.05, 3.63) is 57.0 Å². The van der Waals surface area contributed by atoms with Crippen molar-refractivity contribution in [1.82, 2.24) is 4.90 Å². The maximum atomic E-state index is 12.7. The van der Waals surface area contributed by atoms with Crippen molar-refractivity contribution in [2.45, 2.75) is 19.8 Å². The van der Waals surface area contributed by atoms with Crippen LogP contribution in [0.25, 0.3) is 0 Å². The SMILES string of the molecule is CC1CCN(C(=O)c2cccc(NC(=O)COc3ccc(Br)cc3Br)c2)CC1. The number of likely N-dealkylation sites (tertiary alicyclic amines) is 1. The summed E-state index contributed by atoms with van der Waals surface area (Å²) in [6, 6.07) is 12.5. The van der Waals surface area contributed by atoms with Crippen LogP contribution in [0.2, 0.25) is 0 Å². The quantitative estimate of drug-likeness (QED) is 0.609. The number of amides is 2. The minimum absolute atomic E-state index is 0.0121. The highest BCUT2D eigenvalue weighted by Crippen LogP contribution is 2.28. The van der Waals surface area contributed by atoms with E-state index < -0.39 is 0 Å². The lowest BCUT2D eigenvalue weighted by molar-refractivity contribution is -0.118. The van der Waals surface area contributed by atoms with E-state index in [4.69, 9.17) is 4.74 Å². The molecule has 1 aliphatic heterocycles. The molecule has 0 radical (unpaired) electrons. The van der Waals surface area contributed by atoms with E-state index in [2.05, 4.69) is 44.1 Å². The first-order valence-electron chi connectivity index (χ1n) is 9.19. The maximum absolute atomic E-state index is 12.7. The molecule has 0 aliphatic carbocycles. The second kappa shape index (κ2) is 9.56. The first kappa shape index (κ1) is 20.9. The summed E-state index contributed by atoms with van der Waals surface area (Å²) in [4.78, 5) is 26.8. The lowest BCUT2D eigenvalue weighted by Gasteiger charge is -2.30. The number of halogens is 2. The molecule has 1 fully saturated rings. The molecule has 28 heavy (non-hydrogen) atoms. The Morgan fingerprint density at radius 3 is 2.61 bits per heavy atom. The van der Waals surface area contributed by atoms with E-state index in [1.807, 2.05) is 17.0 Å². The van der Waals surface area contributed by atoms with Crippen LogP contribution < -0.4 is 10.1 Å². The molecular formula is C21H22Br2N2O3. The molecule has 0 saturated carbocycles. The number of anilines is 1. The standard InChI is InChI=1S/C21H22Br2N2O3/c1-14-7-9-25(10-8-14)21(27)15-3-2-4-17(11-15)24-20(26)13-28-19-6-5-16(22)12-18(19)23/h2-6,11-12,14H,7-10,13H2,1H3,(H,24,26). The monoisotopic (exact) mass is 508 g/mol. The van der Waals surface area contributed by atoms with Crippen molar-refractivity contribution in [3.8, 4) is 5.75 Å². The minimum Gasteiger partial charge on any atom is -0.483 e. The van der Waals surface area contributed by atoms with Gasteiger partial charge in [0.15, 0.2) is 6.61 Å². The van der Waals surface area contributed by atoms with E-state index in [0.717, 1.165) is 34.9 Å². The molecule has 3 rings (SSSR count). The summed E-state index contributed by atoms with van der Waals surface area (Å²) in [7, 11) is 0. The Hall–Kier alpha value is -1.86. The van der Waals surface area contributed by atoms with Gasteiger partial charge < -0.3 is 15.0 Å². The highest BCUT2D eigenvalue weighted by atomic mass is 79.9. The van der Waals surface area contributed by atoms with E-state index in [1.54, 1.807) is 30.3 Å². The fraction of sp³-hybridized carbons (Fsp3) is 0.333.